The summed E-state index contributed by atoms with van der Waals surface area (Å²) >= 11 is 0. The lowest BCUT2D eigenvalue weighted by Crippen LogP contribution is -2.25. The first kappa shape index (κ1) is 11.6. The van der Waals surface area contributed by atoms with Crippen LogP contribution in [0.5, 0.6) is 0 Å². The number of rotatable bonds is 2. The molecule has 0 saturated carbocycles. The number of ether oxygens (including phenoxy) is 1. The van der Waals surface area contributed by atoms with Crippen molar-refractivity contribution in [1.82, 2.24) is 0 Å². The summed E-state index contributed by atoms with van der Waals surface area (Å²) in [5.74, 6) is -2.47. The van der Waals surface area contributed by atoms with Crippen LogP contribution in [0, 0.1) is 11.6 Å². The molecule has 0 bridgehead atoms. The first-order chi connectivity index (χ1) is 6.84. The Labute approximate surface area is 86.9 Å². The number of carbonyl (C=O) groups is 1. The van der Waals surface area contributed by atoms with Gasteiger partial charge in [-0.15, -0.1) is 0 Å². The normalized spacial score (nSPS) is 11.3. The molecule has 1 rings (SSSR count). The maximum Gasteiger partial charge on any atom is 0.303 e. The predicted octanol–water partition coefficient (Wildman–Crippen LogP) is 2.76. The molecule has 2 nitrogen and oxygen atoms in total. The van der Waals surface area contributed by atoms with Crippen LogP contribution in [-0.2, 0) is 15.1 Å². The summed E-state index contributed by atoms with van der Waals surface area (Å²) in [6.07, 6.45) is 0. The molecule has 0 aliphatic rings. The smallest absolute Gasteiger partial charge is 0.303 e. The second-order valence-corrected chi connectivity index (χ2v) is 3.71. The van der Waals surface area contributed by atoms with Crippen LogP contribution >= 0.6 is 0 Å². The van der Waals surface area contributed by atoms with Crippen LogP contribution in [0.15, 0.2) is 18.2 Å². The van der Waals surface area contributed by atoms with Gasteiger partial charge in [-0.1, -0.05) is 12.1 Å². The van der Waals surface area contributed by atoms with Gasteiger partial charge in [0, 0.05) is 12.5 Å². The topological polar surface area (TPSA) is 26.3 Å². The Morgan fingerprint density at radius 2 is 1.93 bits per heavy atom. The van der Waals surface area contributed by atoms with E-state index in [1.807, 2.05) is 0 Å². The molecule has 82 valence electrons. The second kappa shape index (κ2) is 3.96. The fourth-order valence-electron chi connectivity index (χ4n) is 1.38. The number of esters is 1. The van der Waals surface area contributed by atoms with E-state index in [0.29, 0.717) is 0 Å². The molecule has 0 N–H and O–H groups in total. The lowest BCUT2D eigenvalue weighted by molar-refractivity contribution is -0.154. The van der Waals surface area contributed by atoms with Gasteiger partial charge >= 0.3 is 5.97 Å². The Balaban J connectivity index is 3.14. The van der Waals surface area contributed by atoms with Crippen molar-refractivity contribution in [2.75, 3.05) is 0 Å². The molecular formula is C11H12F2O2. The summed E-state index contributed by atoms with van der Waals surface area (Å²) in [7, 11) is 0. The Bertz CT molecular complexity index is 386. The van der Waals surface area contributed by atoms with Crippen LogP contribution in [0.1, 0.15) is 26.3 Å². The summed E-state index contributed by atoms with van der Waals surface area (Å²) in [4.78, 5) is 10.8. The molecule has 4 heteroatoms. The maximum absolute atomic E-state index is 13.4. The van der Waals surface area contributed by atoms with E-state index >= 15 is 0 Å². The fraction of sp³-hybridized carbons (Fsp3) is 0.364. The predicted molar refractivity (Wildman–Crippen MR) is 51.2 cm³/mol. The molecule has 0 heterocycles. The van der Waals surface area contributed by atoms with Gasteiger partial charge in [0.25, 0.3) is 0 Å². The molecule has 0 amide bonds. The highest BCUT2D eigenvalue weighted by molar-refractivity contribution is 5.66. The van der Waals surface area contributed by atoms with Gasteiger partial charge in [-0.2, -0.15) is 0 Å². The van der Waals surface area contributed by atoms with Crippen molar-refractivity contribution < 1.29 is 18.3 Å². The lowest BCUT2D eigenvalue weighted by atomic mass is 9.97. The lowest BCUT2D eigenvalue weighted by Gasteiger charge is -2.25. The van der Waals surface area contributed by atoms with Gasteiger partial charge in [0.2, 0.25) is 0 Å². The number of benzene rings is 1. The fourth-order valence-corrected chi connectivity index (χ4v) is 1.38. The van der Waals surface area contributed by atoms with E-state index in [2.05, 4.69) is 0 Å². The molecule has 1 aromatic carbocycles. The van der Waals surface area contributed by atoms with Crippen molar-refractivity contribution in [2.45, 2.75) is 26.4 Å². The summed E-state index contributed by atoms with van der Waals surface area (Å²) in [6, 6.07) is 3.78. The third kappa shape index (κ3) is 2.52. The highest BCUT2D eigenvalue weighted by Gasteiger charge is 2.28. The van der Waals surface area contributed by atoms with Gasteiger partial charge in [-0.25, -0.2) is 8.78 Å². The van der Waals surface area contributed by atoms with E-state index in [4.69, 9.17) is 4.74 Å². The van der Waals surface area contributed by atoms with Crippen LogP contribution in [0.4, 0.5) is 8.78 Å². The van der Waals surface area contributed by atoms with E-state index in [0.717, 1.165) is 6.07 Å². The van der Waals surface area contributed by atoms with Crippen molar-refractivity contribution in [1.29, 1.82) is 0 Å². The van der Waals surface area contributed by atoms with Gasteiger partial charge < -0.3 is 4.74 Å². The maximum atomic E-state index is 13.4. The van der Waals surface area contributed by atoms with Crippen molar-refractivity contribution in [3.63, 3.8) is 0 Å². The van der Waals surface area contributed by atoms with E-state index < -0.39 is 23.2 Å². The zero-order chi connectivity index (χ0) is 11.6. The molecule has 0 spiro atoms. The minimum atomic E-state index is -1.17. The zero-order valence-corrected chi connectivity index (χ0v) is 8.80. The number of hydrogen-bond donors (Lipinski definition) is 0. The van der Waals surface area contributed by atoms with Gasteiger partial charge in [-0.05, 0) is 19.9 Å². The average Bonchev–Trinajstić information content (AvgIpc) is 2.07. The summed E-state index contributed by atoms with van der Waals surface area (Å²) in [5, 5.41) is 0. The van der Waals surface area contributed by atoms with Crippen LogP contribution in [-0.4, -0.2) is 5.97 Å². The molecule has 0 aliphatic carbocycles. The highest BCUT2D eigenvalue weighted by Crippen LogP contribution is 2.28. The van der Waals surface area contributed by atoms with Crippen molar-refractivity contribution >= 4 is 5.97 Å². The third-order valence-corrected chi connectivity index (χ3v) is 2.00. The van der Waals surface area contributed by atoms with Crippen molar-refractivity contribution in [2.24, 2.45) is 0 Å². The Kier molecular flexibility index (Phi) is 3.07. The van der Waals surface area contributed by atoms with Crippen LogP contribution in [0.25, 0.3) is 0 Å². The van der Waals surface area contributed by atoms with Crippen LogP contribution in [0.3, 0.4) is 0 Å². The van der Waals surface area contributed by atoms with Crippen molar-refractivity contribution in [3.05, 3.63) is 35.4 Å². The average molecular weight is 214 g/mol. The SMILES string of the molecule is CC(=O)OC(C)(C)c1cccc(F)c1F. The first-order valence-electron chi connectivity index (χ1n) is 4.48. The van der Waals surface area contributed by atoms with Gasteiger partial charge in [-0.3, -0.25) is 4.79 Å². The Morgan fingerprint density at radius 3 is 2.47 bits per heavy atom. The molecule has 0 unspecified atom stereocenters. The summed E-state index contributed by atoms with van der Waals surface area (Å²) in [6.45, 7) is 4.23. The molecule has 15 heavy (non-hydrogen) atoms. The first-order valence-corrected chi connectivity index (χ1v) is 4.48. The molecule has 0 aliphatic heterocycles. The minimum Gasteiger partial charge on any atom is -0.455 e. The van der Waals surface area contributed by atoms with Gasteiger partial charge in [0.1, 0.15) is 5.60 Å². The molecule has 0 radical (unpaired) electrons. The largest absolute Gasteiger partial charge is 0.455 e. The highest BCUT2D eigenvalue weighted by atomic mass is 19.2. The third-order valence-electron chi connectivity index (χ3n) is 2.00. The van der Waals surface area contributed by atoms with E-state index in [9.17, 15) is 13.6 Å². The van der Waals surface area contributed by atoms with Crippen LogP contribution in [0.2, 0.25) is 0 Å². The summed E-state index contributed by atoms with van der Waals surface area (Å²) < 4.78 is 31.2. The monoisotopic (exact) mass is 214 g/mol. The molecule has 0 fully saturated rings. The molecule has 0 saturated heterocycles. The van der Waals surface area contributed by atoms with E-state index in [-0.39, 0.29) is 5.56 Å². The van der Waals surface area contributed by atoms with E-state index in [1.54, 1.807) is 0 Å². The van der Waals surface area contributed by atoms with Gasteiger partial charge in [0.15, 0.2) is 11.6 Å². The molecule has 0 atom stereocenters. The summed E-state index contributed by atoms with van der Waals surface area (Å²) in [5.41, 5.74) is -1.14. The Morgan fingerprint density at radius 1 is 1.33 bits per heavy atom. The van der Waals surface area contributed by atoms with Crippen molar-refractivity contribution in [3.8, 4) is 0 Å². The number of carbonyl (C=O) groups excluding carboxylic acids is 1. The number of halogens is 2. The van der Waals surface area contributed by atoms with Gasteiger partial charge in [0.05, 0.1) is 0 Å². The standard InChI is InChI=1S/C11H12F2O2/c1-7(14)15-11(2,3)8-5-4-6-9(12)10(8)13/h4-6H,1-3H3. The van der Waals surface area contributed by atoms with E-state index in [1.165, 1.54) is 32.9 Å². The molecule has 0 aromatic heterocycles. The van der Waals surface area contributed by atoms with Crippen LogP contribution < -0.4 is 0 Å². The number of hydrogen-bond acceptors (Lipinski definition) is 2. The quantitative estimate of drug-likeness (QED) is 0.707. The Hall–Kier alpha value is -1.45. The second-order valence-electron chi connectivity index (χ2n) is 3.71. The minimum absolute atomic E-state index is 0.0256. The molecule has 1 aromatic rings. The molecular weight excluding hydrogens is 202 g/mol. The zero-order valence-electron chi connectivity index (χ0n) is 8.80.